The van der Waals surface area contributed by atoms with Gasteiger partial charge < -0.3 is 10.3 Å². The molecule has 4 nitrogen and oxygen atoms in total. The van der Waals surface area contributed by atoms with Gasteiger partial charge in [-0.05, 0) is 30.7 Å². The highest BCUT2D eigenvalue weighted by Gasteiger charge is 2.10. The molecule has 102 valence electrons. The van der Waals surface area contributed by atoms with E-state index in [0.29, 0.717) is 29.9 Å². The Hall–Kier alpha value is -1.04. The topological polar surface area (TPSA) is 64.9 Å². The van der Waals surface area contributed by atoms with E-state index in [1.807, 2.05) is 24.3 Å². The first-order valence-electron chi connectivity index (χ1n) is 6.07. The minimum absolute atomic E-state index is 0.355. The van der Waals surface area contributed by atoms with Crippen molar-refractivity contribution in [3.05, 3.63) is 41.0 Å². The molecule has 6 heteroatoms. The second kappa shape index (κ2) is 6.93. The zero-order valence-corrected chi connectivity index (χ0v) is 12.2. The van der Waals surface area contributed by atoms with Crippen molar-refractivity contribution in [2.45, 2.75) is 24.0 Å². The molecule has 1 atom stereocenters. The number of nitrogens with zero attached hydrogens (tertiary/aromatic N) is 2. The number of halogens is 1. The molecule has 0 saturated carbocycles. The van der Waals surface area contributed by atoms with Gasteiger partial charge in [-0.15, -0.1) is 11.8 Å². The Morgan fingerprint density at radius 2 is 2.32 bits per heavy atom. The van der Waals surface area contributed by atoms with E-state index in [0.717, 1.165) is 16.3 Å². The van der Waals surface area contributed by atoms with Gasteiger partial charge in [0.15, 0.2) is 5.82 Å². The standard InChI is InChI=1S/C13H16ClN3OS/c1-9(7-15)5-13-16-12(17-18-13)8-19-11-4-2-3-10(14)6-11/h2-4,6,9H,5,7-8,15H2,1H3. The van der Waals surface area contributed by atoms with E-state index in [2.05, 4.69) is 17.1 Å². The largest absolute Gasteiger partial charge is 0.339 e. The van der Waals surface area contributed by atoms with Crippen LogP contribution in [-0.4, -0.2) is 16.7 Å². The molecule has 0 amide bonds. The Labute approximate surface area is 121 Å². The number of hydrogen-bond donors (Lipinski definition) is 1. The number of nitrogens with two attached hydrogens (primary N) is 1. The van der Waals surface area contributed by atoms with Crippen molar-refractivity contribution in [3.63, 3.8) is 0 Å². The van der Waals surface area contributed by atoms with Crippen LogP contribution >= 0.6 is 23.4 Å². The molecule has 1 aromatic heterocycles. The van der Waals surface area contributed by atoms with Crippen molar-refractivity contribution in [3.8, 4) is 0 Å². The molecular formula is C13H16ClN3OS. The molecule has 1 heterocycles. The Bertz CT molecular complexity index is 532. The summed E-state index contributed by atoms with van der Waals surface area (Å²) in [6.07, 6.45) is 0.728. The molecule has 0 aliphatic carbocycles. The molecule has 0 bridgehead atoms. The molecule has 0 aliphatic rings. The van der Waals surface area contributed by atoms with Gasteiger partial charge >= 0.3 is 0 Å². The van der Waals surface area contributed by atoms with Crippen molar-refractivity contribution in [2.24, 2.45) is 11.7 Å². The number of benzene rings is 1. The van der Waals surface area contributed by atoms with Crippen LogP contribution in [0.3, 0.4) is 0 Å². The van der Waals surface area contributed by atoms with Crippen LogP contribution < -0.4 is 5.73 Å². The van der Waals surface area contributed by atoms with E-state index in [1.165, 1.54) is 0 Å². The Morgan fingerprint density at radius 1 is 1.47 bits per heavy atom. The highest BCUT2D eigenvalue weighted by atomic mass is 35.5. The van der Waals surface area contributed by atoms with Crippen LogP contribution in [-0.2, 0) is 12.2 Å². The SMILES string of the molecule is CC(CN)Cc1nc(CSc2cccc(Cl)c2)no1. The lowest BCUT2D eigenvalue weighted by Gasteiger charge is -2.02. The second-order valence-corrected chi connectivity index (χ2v) is 5.88. The molecule has 2 rings (SSSR count). The summed E-state index contributed by atoms with van der Waals surface area (Å²) in [5.74, 6) is 2.37. The van der Waals surface area contributed by atoms with E-state index in [-0.39, 0.29) is 0 Å². The van der Waals surface area contributed by atoms with Gasteiger partial charge in [0.05, 0.1) is 5.75 Å². The summed E-state index contributed by atoms with van der Waals surface area (Å²) in [6, 6.07) is 7.71. The van der Waals surface area contributed by atoms with Crippen molar-refractivity contribution in [2.75, 3.05) is 6.54 Å². The first-order valence-corrected chi connectivity index (χ1v) is 7.43. The number of thioether (sulfide) groups is 1. The first-order chi connectivity index (χ1) is 9.17. The quantitative estimate of drug-likeness (QED) is 0.830. The zero-order chi connectivity index (χ0) is 13.7. The number of hydrogen-bond acceptors (Lipinski definition) is 5. The van der Waals surface area contributed by atoms with Gasteiger partial charge in [0.1, 0.15) is 0 Å². The van der Waals surface area contributed by atoms with Crippen molar-refractivity contribution in [1.82, 2.24) is 10.1 Å². The van der Waals surface area contributed by atoms with Gasteiger partial charge in [-0.2, -0.15) is 4.98 Å². The lowest BCUT2D eigenvalue weighted by molar-refractivity contribution is 0.356. The molecule has 0 radical (unpaired) electrons. The van der Waals surface area contributed by atoms with Crippen LogP contribution in [0, 0.1) is 5.92 Å². The zero-order valence-electron chi connectivity index (χ0n) is 10.7. The summed E-state index contributed by atoms with van der Waals surface area (Å²) in [7, 11) is 0. The number of aromatic nitrogens is 2. The maximum Gasteiger partial charge on any atom is 0.226 e. The van der Waals surface area contributed by atoms with Crippen molar-refractivity contribution in [1.29, 1.82) is 0 Å². The summed E-state index contributed by atoms with van der Waals surface area (Å²) >= 11 is 7.56. The third-order valence-corrected chi connectivity index (χ3v) is 3.82. The molecule has 1 aromatic carbocycles. The van der Waals surface area contributed by atoms with Crippen LogP contribution in [0.5, 0.6) is 0 Å². The van der Waals surface area contributed by atoms with Gasteiger partial charge in [0, 0.05) is 16.3 Å². The average molecular weight is 298 g/mol. The second-order valence-electron chi connectivity index (χ2n) is 4.40. The van der Waals surface area contributed by atoms with Crippen LogP contribution in [0.2, 0.25) is 5.02 Å². The van der Waals surface area contributed by atoms with Crippen LogP contribution in [0.1, 0.15) is 18.6 Å². The third-order valence-electron chi connectivity index (χ3n) is 2.60. The molecule has 0 aliphatic heterocycles. The molecule has 0 saturated heterocycles. The predicted octanol–water partition coefficient (Wildman–Crippen LogP) is 3.15. The fourth-order valence-corrected chi connectivity index (χ4v) is 2.57. The first kappa shape index (κ1) is 14.4. The fourth-order valence-electron chi connectivity index (χ4n) is 1.52. The van der Waals surface area contributed by atoms with Crippen molar-refractivity contribution < 1.29 is 4.52 Å². The monoisotopic (exact) mass is 297 g/mol. The Balaban J connectivity index is 1.90. The maximum atomic E-state index is 5.93. The van der Waals surface area contributed by atoms with Gasteiger partial charge in [0.25, 0.3) is 0 Å². The van der Waals surface area contributed by atoms with E-state index in [9.17, 15) is 0 Å². The molecule has 2 N–H and O–H groups in total. The van der Waals surface area contributed by atoms with E-state index < -0.39 is 0 Å². The van der Waals surface area contributed by atoms with Crippen LogP contribution in [0.4, 0.5) is 0 Å². The smallest absolute Gasteiger partial charge is 0.226 e. The highest BCUT2D eigenvalue weighted by Crippen LogP contribution is 2.24. The van der Waals surface area contributed by atoms with Crippen LogP contribution in [0.15, 0.2) is 33.7 Å². The molecule has 2 aromatic rings. The summed E-state index contributed by atoms with van der Waals surface area (Å²) < 4.78 is 5.19. The van der Waals surface area contributed by atoms with Crippen molar-refractivity contribution >= 4 is 23.4 Å². The Morgan fingerprint density at radius 3 is 3.05 bits per heavy atom. The molecular weight excluding hydrogens is 282 g/mol. The minimum Gasteiger partial charge on any atom is -0.339 e. The molecule has 19 heavy (non-hydrogen) atoms. The maximum absolute atomic E-state index is 5.93. The van der Waals surface area contributed by atoms with E-state index in [4.69, 9.17) is 21.9 Å². The Kier molecular flexibility index (Phi) is 5.24. The molecule has 0 fully saturated rings. The summed E-state index contributed by atoms with van der Waals surface area (Å²) in [5, 5.41) is 4.69. The minimum atomic E-state index is 0.355. The normalized spacial score (nSPS) is 12.6. The fraction of sp³-hybridized carbons (Fsp3) is 0.385. The number of rotatable bonds is 6. The van der Waals surface area contributed by atoms with Gasteiger partial charge in [-0.1, -0.05) is 29.7 Å². The van der Waals surface area contributed by atoms with Crippen LogP contribution in [0.25, 0.3) is 0 Å². The van der Waals surface area contributed by atoms with Gasteiger partial charge in [0.2, 0.25) is 5.89 Å². The molecule has 0 spiro atoms. The summed E-state index contributed by atoms with van der Waals surface area (Å²) in [5.41, 5.74) is 5.57. The molecule has 1 unspecified atom stereocenters. The summed E-state index contributed by atoms with van der Waals surface area (Å²) in [6.45, 7) is 2.68. The van der Waals surface area contributed by atoms with E-state index in [1.54, 1.807) is 11.8 Å². The summed E-state index contributed by atoms with van der Waals surface area (Å²) in [4.78, 5) is 5.44. The third kappa shape index (κ3) is 4.53. The highest BCUT2D eigenvalue weighted by molar-refractivity contribution is 7.98. The predicted molar refractivity (Wildman–Crippen MR) is 77.2 cm³/mol. The average Bonchev–Trinajstić information content (AvgIpc) is 2.84. The van der Waals surface area contributed by atoms with Gasteiger partial charge in [-0.25, -0.2) is 0 Å². The lowest BCUT2D eigenvalue weighted by atomic mass is 10.1. The van der Waals surface area contributed by atoms with Gasteiger partial charge in [-0.3, -0.25) is 0 Å². The lowest BCUT2D eigenvalue weighted by Crippen LogP contribution is -2.13. The van der Waals surface area contributed by atoms with E-state index >= 15 is 0 Å².